The van der Waals surface area contributed by atoms with E-state index in [1.807, 2.05) is 18.2 Å². The molecule has 1 atom stereocenters. The maximum Gasteiger partial charge on any atom is 0.339 e. The van der Waals surface area contributed by atoms with Crippen molar-refractivity contribution < 1.29 is 19.1 Å². The average molecular weight is 497 g/mol. The zero-order valence-corrected chi connectivity index (χ0v) is 20.2. The number of hydrogen-bond donors (Lipinski definition) is 2. The van der Waals surface area contributed by atoms with Crippen molar-refractivity contribution in [2.75, 3.05) is 10.6 Å². The fraction of sp³-hybridized carbons (Fsp3) is 0.143. The van der Waals surface area contributed by atoms with Gasteiger partial charge in [0.2, 0.25) is 0 Å². The number of nitrogens with one attached hydrogen (secondary N) is 2. The van der Waals surface area contributed by atoms with Gasteiger partial charge in [-0.1, -0.05) is 42.5 Å². The predicted octanol–water partition coefficient (Wildman–Crippen LogP) is 3.46. The van der Waals surface area contributed by atoms with Crippen molar-refractivity contribution in [3.63, 3.8) is 0 Å². The second-order valence-electron chi connectivity index (χ2n) is 8.72. The number of cyclic esters (lactones) is 1. The molecule has 0 bridgehead atoms. The van der Waals surface area contributed by atoms with Crippen molar-refractivity contribution in [1.82, 2.24) is 9.36 Å². The third-order valence-electron chi connectivity index (χ3n) is 6.37. The van der Waals surface area contributed by atoms with E-state index in [0.29, 0.717) is 22.6 Å². The summed E-state index contributed by atoms with van der Waals surface area (Å²) in [6, 6.07) is 22.4. The van der Waals surface area contributed by atoms with Gasteiger partial charge in [-0.3, -0.25) is 19.1 Å². The number of rotatable bonds is 5. The molecule has 1 aliphatic heterocycles. The second-order valence-corrected chi connectivity index (χ2v) is 8.72. The van der Waals surface area contributed by atoms with Crippen LogP contribution in [0.1, 0.15) is 32.0 Å². The number of esters is 1. The van der Waals surface area contributed by atoms with Crippen LogP contribution in [0.5, 0.6) is 0 Å². The smallest absolute Gasteiger partial charge is 0.339 e. The summed E-state index contributed by atoms with van der Waals surface area (Å²) >= 11 is 0. The van der Waals surface area contributed by atoms with E-state index in [1.54, 1.807) is 73.3 Å². The normalized spacial score (nSPS) is 14.4. The van der Waals surface area contributed by atoms with Gasteiger partial charge < -0.3 is 15.4 Å². The van der Waals surface area contributed by atoms with Crippen LogP contribution in [-0.2, 0) is 23.0 Å². The van der Waals surface area contributed by atoms with E-state index >= 15 is 0 Å². The van der Waals surface area contributed by atoms with Gasteiger partial charge in [-0.05, 0) is 48.9 Å². The Kier molecular flexibility index (Phi) is 6.19. The Morgan fingerprint density at radius 3 is 2.43 bits per heavy atom. The Hall–Kier alpha value is -4.92. The Bertz CT molecular complexity index is 1590. The van der Waals surface area contributed by atoms with E-state index in [4.69, 9.17) is 4.74 Å². The largest absolute Gasteiger partial charge is 0.448 e. The monoisotopic (exact) mass is 496 g/mol. The molecule has 0 aliphatic carbocycles. The standard InChI is InChI=1S/C28H24N4O5/c1-17-24(27(35)32(31(17)2)21-12-4-3-5-13-21)30-25(33)19-10-8-11-20(15-19)29-26(34)23-16-18-9-6-7-14-22(18)28(36)37-23/h3-15,23H,16H2,1-2H3,(H,29,34)(H,30,33). The van der Waals surface area contributed by atoms with Gasteiger partial charge in [-0.25, -0.2) is 9.48 Å². The van der Waals surface area contributed by atoms with Gasteiger partial charge in [0.05, 0.1) is 16.9 Å². The first-order chi connectivity index (χ1) is 17.8. The lowest BCUT2D eigenvalue weighted by Crippen LogP contribution is -2.38. The third-order valence-corrected chi connectivity index (χ3v) is 6.37. The highest BCUT2D eigenvalue weighted by molar-refractivity contribution is 6.06. The topological polar surface area (TPSA) is 111 Å². The first kappa shape index (κ1) is 23.8. The number of hydrogen-bond acceptors (Lipinski definition) is 5. The quantitative estimate of drug-likeness (QED) is 0.411. The zero-order valence-electron chi connectivity index (χ0n) is 20.2. The van der Waals surface area contributed by atoms with Crippen LogP contribution >= 0.6 is 0 Å². The molecule has 4 aromatic rings. The first-order valence-corrected chi connectivity index (χ1v) is 11.7. The van der Waals surface area contributed by atoms with E-state index in [2.05, 4.69) is 10.6 Å². The first-order valence-electron chi connectivity index (χ1n) is 11.7. The fourth-order valence-electron chi connectivity index (χ4n) is 4.34. The molecule has 1 aliphatic rings. The van der Waals surface area contributed by atoms with E-state index in [1.165, 1.54) is 10.7 Å². The molecule has 3 aromatic carbocycles. The number of nitrogens with zero attached hydrogens (tertiary/aromatic N) is 2. The molecule has 0 radical (unpaired) electrons. The Morgan fingerprint density at radius 2 is 1.65 bits per heavy atom. The molecule has 0 fully saturated rings. The van der Waals surface area contributed by atoms with Gasteiger partial charge in [-0.2, -0.15) is 0 Å². The van der Waals surface area contributed by atoms with Crippen LogP contribution in [-0.4, -0.2) is 33.3 Å². The molecule has 1 aromatic heterocycles. The van der Waals surface area contributed by atoms with Crippen molar-refractivity contribution in [3.05, 3.63) is 112 Å². The molecule has 1 unspecified atom stereocenters. The van der Waals surface area contributed by atoms with Crippen LogP contribution < -0.4 is 16.2 Å². The van der Waals surface area contributed by atoms with Crippen LogP contribution in [0.25, 0.3) is 5.69 Å². The van der Waals surface area contributed by atoms with Gasteiger partial charge in [0.25, 0.3) is 17.4 Å². The van der Waals surface area contributed by atoms with Crippen molar-refractivity contribution >= 4 is 29.2 Å². The van der Waals surface area contributed by atoms with E-state index in [-0.39, 0.29) is 23.2 Å². The molecule has 2 amide bonds. The van der Waals surface area contributed by atoms with Crippen molar-refractivity contribution in [2.24, 2.45) is 7.05 Å². The number of carbonyl (C=O) groups is 3. The van der Waals surface area contributed by atoms with Crippen LogP contribution in [0.2, 0.25) is 0 Å². The van der Waals surface area contributed by atoms with Crippen LogP contribution in [0.4, 0.5) is 11.4 Å². The minimum atomic E-state index is -0.983. The van der Waals surface area contributed by atoms with Crippen LogP contribution in [0.15, 0.2) is 83.7 Å². The number of benzene rings is 3. The lowest BCUT2D eigenvalue weighted by Gasteiger charge is -2.23. The molecule has 5 rings (SSSR count). The number of carbonyl (C=O) groups excluding carboxylic acids is 3. The second kappa shape index (κ2) is 9.62. The average Bonchev–Trinajstić information content (AvgIpc) is 3.12. The van der Waals surface area contributed by atoms with E-state index < -0.39 is 23.9 Å². The molecular formula is C28H24N4O5. The number of aromatic nitrogens is 2. The lowest BCUT2D eigenvalue weighted by molar-refractivity contribution is -0.125. The van der Waals surface area contributed by atoms with Gasteiger partial charge in [0.1, 0.15) is 5.69 Å². The zero-order chi connectivity index (χ0) is 26.1. The minimum absolute atomic E-state index is 0.165. The Labute approximate surface area is 212 Å². The Balaban J connectivity index is 1.32. The number of para-hydroxylation sites is 1. The molecule has 0 saturated carbocycles. The van der Waals surface area contributed by atoms with E-state index in [0.717, 1.165) is 5.56 Å². The SMILES string of the molecule is Cc1c(NC(=O)c2cccc(NC(=O)C3Cc4ccccc4C(=O)O3)c2)c(=O)n(-c2ccccc2)n1C. The van der Waals surface area contributed by atoms with Crippen LogP contribution in [0, 0.1) is 6.92 Å². The molecule has 0 spiro atoms. The summed E-state index contributed by atoms with van der Waals surface area (Å²) in [5, 5.41) is 5.42. The maximum atomic E-state index is 13.1. The summed E-state index contributed by atoms with van der Waals surface area (Å²) in [5.41, 5.74) is 2.87. The number of anilines is 2. The van der Waals surface area contributed by atoms with Gasteiger partial charge >= 0.3 is 5.97 Å². The lowest BCUT2D eigenvalue weighted by atomic mass is 9.98. The molecule has 37 heavy (non-hydrogen) atoms. The Morgan fingerprint density at radius 1 is 0.919 bits per heavy atom. The highest BCUT2D eigenvalue weighted by Gasteiger charge is 2.31. The summed E-state index contributed by atoms with van der Waals surface area (Å²) in [6.07, 6.45) is -0.724. The van der Waals surface area contributed by atoms with Crippen molar-refractivity contribution in [2.45, 2.75) is 19.4 Å². The van der Waals surface area contributed by atoms with Crippen LogP contribution in [0.3, 0.4) is 0 Å². The molecule has 2 heterocycles. The maximum absolute atomic E-state index is 13.1. The molecular weight excluding hydrogens is 472 g/mol. The number of ether oxygens (including phenoxy) is 1. The number of amides is 2. The van der Waals surface area contributed by atoms with Gasteiger partial charge in [-0.15, -0.1) is 0 Å². The summed E-state index contributed by atoms with van der Waals surface area (Å²) in [6.45, 7) is 1.75. The minimum Gasteiger partial charge on any atom is -0.448 e. The number of fused-ring (bicyclic) bond motifs is 1. The van der Waals surface area contributed by atoms with E-state index in [9.17, 15) is 19.2 Å². The molecule has 2 N–H and O–H groups in total. The highest BCUT2D eigenvalue weighted by atomic mass is 16.5. The third kappa shape index (κ3) is 4.54. The summed E-state index contributed by atoms with van der Waals surface area (Å²) < 4.78 is 8.46. The molecule has 186 valence electrons. The highest BCUT2D eigenvalue weighted by Crippen LogP contribution is 2.22. The van der Waals surface area contributed by atoms with Gasteiger partial charge in [0.15, 0.2) is 6.10 Å². The fourth-order valence-corrected chi connectivity index (χ4v) is 4.34. The molecule has 9 heteroatoms. The molecule has 0 saturated heterocycles. The van der Waals surface area contributed by atoms with Gasteiger partial charge in [0, 0.05) is 24.7 Å². The van der Waals surface area contributed by atoms with Crippen molar-refractivity contribution in [3.8, 4) is 5.69 Å². The van der Waals surface area contributed by atoms with Crippen molar-refractivity contribution in [1.29, 1.82) is 0 Å². The predicted molar refractivity (Wildman–Crippen MR) is 138 cm³/mol. The molecule has 9 nitrogen and oxygen atoms in total. The summed E-state index contributed by atoms with van der Waals surface area (Å²) in [4.78, 5) is 51.2. The summed E-state index contributed by atoms with van der Waals surface area (Å²) in [5.74, 6) is -1.54. The summed E-state index contributed by atoms with van der Waals surface area (Å²) in [7, 11) is 1.74.